The molecule has 0 unspecified atom stereocenters. The summed E-state index contributed by atoms with van der Waals surface area (Å²) in [5.74, 6) is 1.10. The number of esters is 1. The second-order valence-corrected chi connectivity index (χ2v) is 6.76. The summed E-state index contributed by atoms with van der Waals surface area (Å²) in [5.41, 5.74) is 3.23. The molecule has 2 heterocycles. The largest absolute Gasteiger partial charge is 0.468 e. The van der Waals surface area contributed by atoms with E-state index in [2.05, 4.69) is 34.2 Å². The monoisotopic (exact) mass is 341 g/mol. The Bertz CT molecular complexity index is 797. The maximum absolute atomic E-state index is 12.1. The number of benzene rings is 1. The summed E-state index contributed by atoms with van der Waals surface area (Å²) in [6, 6.07) is 10.1. The summed E-state index contributed by atoms with van der Waals surface area (Å²) in [4.78, 5) is 20.8. The molecule has 0 bridgehead atoms. The number of hydrogen-bond acceptors (Lipinski definition) is 5. The molecule has 0 spiro atoms. The minimum absolute atomic E-state index is 0.206. The molecular weight excluding hydrogens is 322 g/mol. The molecule has 1 aromatic carbocycles. The minimum atomic E-state index is -0.254. The summed E-state index contributed by atoms with van der Waals surface area (Å²) in [6.07, 6.45) is 6.21. The normalized spacial score (nSPS) is 12.2. The standard InChI is InChI=1S/C18H19N3O2S/c1-13-4-6-14(7-5-13)10-16(17(22)23-2)24-12-15-11-21-9-3-8-19-18(21)20-15/h3-9,11,16H,10,12H2,1-2H3/t16-/m0/s1. The number of rotatable bonds is 6. The van der Waals surface area contributed by atoms with Crippen molar-refractivity contribution in [3.8, 4) is 0 Å². The van der Waals surface area contributed by atoms with Gasteiger partial charge in [0.25, 0.3) is 0 Å². The van der Waals surface area contributed by atoms with Gasteiger partial charge in [0.05, 0.1) is 12.8 Å². The van der Waals surface area contributed by atoms with Crippen LogP contribution in [0.4, 0.5) is 0 Å². The maximum atomic E-state index is 12.1. The molecule has 0 amide bonds. The topological polar surface area (TPSA) is 56.5 Å². The number of aryl methyl sites for hydroxylation is 1. The van der Waals surface area contributed by atoms with E-state index >= 15 is 0 Å². The van der Waals surface area contributed by atoms with Gasteiger partial charge in [0.2, 0.25) is 5.78 Å². The third-order valence-corrected chi connectivity index (χ3v) is 4.95. The lowest BCUT2D eigenvalue weighted by Crippen LogP contribution is -2.21. The van der Waals surface area contributed by atoms with E-state index in [0.29, 0.717) is 18.0 Å². The quantitative estimate of drug-likeness (QED) is 0.645. The number of ether oxygens (including phenoxy) is 1. The highest BCUT2D eigenvalue weighted by Gasteiger charge is 2.21. The van der Waals surface area contributed by atoms with Crippen molar-refractivity contribution in [1.82, 2.24) is 14.4 Å². The van der Waals surface area contributed by atoms with Crippen LogP contribution in [0.1, 0.15) is 16.8 Å². The number of thioether (sulfide) groups is 1. The van der Waals surface area contributed by atoms with Gasteiger partial charge in [0.15, 0.2) is 0 Å². The van der Waals surface area contributed by atoms with Crippen LogP contribution in [0.5, 0.6) is 0 Å². The zero-order valence-electron chi connectivity index (χ0n) is 13.7. The smallest absolute Gasteiger partial charge is 0.319 e. The van der Waals surface area contributed by atoms with E-state index in [0.717, 1.165) is 11.3 Å². The molecule has 0 fully saturated rings. The van der Waals surface area contributed by atoms with Crippen molar-refractivity contribution in [3.63, 3.8) is 0 Å². The lowest BCUT2D eigenvalue weighted by molar-refractivity contribution is -0.139. The zero-order valence-corrected chi connectivity index (χ0v) is 14.5. The van der Waals surface area contributed by atoms with Crippen LogP contribution >= 0.6 is 11.8 Å². The predicted molar refractivity (Wildman–Crippen MR) is 95.0 cm³/mol. The van der Waals surface area contributed by atoms with Gasteiger partial charge in [-0.05, 0) is 25.0 Å². The van der Waals surface area contributed by atoms with Crippen molar-refractivity contribution in [1.29, 1.82) is 0 Å². The lowest BCUT2D eigenvalue weighted by Gasteiger charge is -2.14. The van der Waals surface area contributed by atoms with Crippen molar-refractivity contribution < 1.29 is 9.53 Å². The van der Waals surface area contributed by atoms with Crippen LogP contribution in [0.15, 0.2) is 48.9 Å². The molecule has 0 radical (unpaired) electrons. The van der Waals surface area contributed by atoms with E-state index in [1.54, 1.807) is 18.0 Å². The summed E-state index contributed by atoms with van der Waals surface area (Å²) >= 11 is 1.54. The molecule has 1 atom stereocenters. The molecule has 3 aromatic rings. The molecule has 124 valence electrons. The van der Waals surface area contributed by atoms with Gasteiger partial charge < -0.3 is 4.74 Å². The number of carbonyl (C=O) groups excluding carboxylic acids is 1. The highest BCUT2D eigenvalue weighted by molar-refractivity contribution is 7.99. The molecule has 2 aromatic heterocycles. The molecule has 5 nitrogen and oxygen atoms in total. The van der Waals surface area contributed by atoms with E-state index < -0.39 is 0 Å². The maximum Gasteiger partial charge on any atom is 0.319 e. The molecule has 24 heavy (non-hydrogen) atoms. The van der Waals surface area contributed by atoms with Crippen molar-refractivity contribution in [2.45, 2.75) is 24.3 Å². The summed E-state index contributed by atoms with van der Waals surface area (Å²) in [6.45, 7) is 2.05. The van der Waals surface area contributed by atoms with E-state index in [4.69, 9.17) is 4.74 Å². The fourth-order valence-corrected chi connectivity index (χ4v) is 3.47. The first-order chi connectivity index (χ1) is 11.7. The number of imidazole rings is 1. The Balaban J connectivity index is 1.69. The van der Waals surface area contributed by atoms with Crippen molar-refractivity contribution >= 4 is 23.5 Å². The van der Waals surface area contributed by atoms with E-state index in [9.17, 15) is 4.79 Å². The summed E-state index contributed by atoms with van der Waals surface area (Å²) in [7, 11) is 1.43. The lowest BCUT2D eigenvalue weighted by atomic mass is 10.1. The first kappa shape index (κ1) is 16.5. The highest BCUT2D eigenvalue weighted by Crippen LogP contribution is 2.22. The predicted octanol–water partition coefficient (Wildman–Crippen LogP) is 3.06. The van der Waals surface area contributed by atoms with Crippen LogP contribution in [-0.4, -0.2) is 32.7 Å². The van der Waals surface area contributed by atoms with Gasteiger partial charge in [-0.2, -0.15) is 0 Å². The number of aromatic nitrogens is 3. The average Bonchev–Trinajstić information content (AvgIpc) is 3.02. The number of fused-ring (bicyclic) bond motifs is 1. The van der Waals surface area contributed by atoms with Gasteiger partial charge in [-0.3, -0.25) is 9.20 Å². The van der Waals surface area contributed by atoms with Crippen molar-refractivity contribution in [3.05, 3.63) is 65.7 Å². The van der Waals surface area contributed by atoms with Crippen molar-refractivity contribution in [2.75, 3.05) is 7.11 Å². The average molecular weight is 341 g/mol. The van der Waals surface area contributed by atoms with Crippen LogP contribution in [0, 0.1) is 6.92 Å². The van der Waals surface area contributed by atoms with Crippen LogP contribution < -0.4 is 0 Å². The summed E-state index contributed by atoms with van der Waals surface area (Å²) in [5, 5.41) is -0.254. The molecule has 0 aliphatic heterocycles. The zero-order chi connectivity index (χ0) is 16.9. The van der Waals surface area contributed by atoms with Crippen molar-refractivity contribution in [2.24, 2.45) is 0 Å². The Kier molecular flexibility index (Phi) is 5.15. The molecule has 0 saturated carbocycles. The Morgan fingerprint density at radius 3 is 2.83 bits per heavy atom. The first-order valence-corrected chi connectivity index (χ1v) is 8.74. The molecule has 3 rings (SSSR count). The van der Waals surface area contributed by atoms with Crippen LogP contribution in [0.25, 0.3) is 5.78 Å². The van der Waals surface area contributed by atoms with E-state index in [1.807, 2.05) is 29.8 Å². The fourth-order valence-electron chi connectivity index (χ4n) is 2.41. The Morgan fingerprint density at radius 1 is 1.33 bits per heavy atom. The number of carbonyl (C=O) groups is 1. The second kappa shape index (κ2) is 7.49. The number of methoxy groups -OCH3 is 1. The molecular formula is C18H19N3O2S. The van der Waals surface area contributed by atoms with Gasteiger partial charge in [0, 0.05) is 24.3 Å². The van der Waals surface area contributed by atoms with Gasteiger partial charge in [-0.15, -0.1) is 11.8 Å². The molecule has 0 aliphatic rings. The molecule has 0 aliphatic carbocycles. The van der Waals surface area contributed by atoms with Gasteiger partial charge in [-0.25, -0.2) is 9.97 Å². The number of nitrogens with zero attached hydrogens (tertiary/aromatic N) is 3. The fraction of sp³-hybridized carbons (Fsp3) is 0.278. The molecule has 0 N–H and O–H groups in total. The Labute approximate surface area is 145 Å². The number of hydrogen-bond donors (Lipinski definition) is 0. The molecule has 0 saturated heterocycles. The molecule has 6 heteroatoms. The van der Waals surface area contributed by atoms with Crippen LogP contribution in [-0.2, 0) is 21.7 Å². The van der Waals surface area contributed by atoms with E-state index in [1.165, 1.54) is 12.7 Å². The van der Waals surface area contributed by atoms with Gasteiger partial charge in [-0.1, -0.05) is 29.8 Å². The van der Waals surface area contributed by atoms with Crippen LogP contribution in [0.3, 0.4) is 0 Å². The van der Waals surface area contributed by atoms with Crippen LogP contribution in [0.2, 0.25) is 0 Å². The third-order valence-electron chi connectivity index (χ3n) is 3.72. The van der Waals surface area contributed by atoms with Gasteiger partial charge >= 0.3 is 5.97 Å². The Hall–Kier alpha value is -2.34. The van der Waals surface area contributed by atoms with Gasteiger partial charge in [0.1, 0.15) is 5.25 Å². The van der Waals surface area contributed by atoms with E-state index in [-0.39, 0.29) is 11.2 Å². The SMILES string of the molecule is COC(=O)[C@H](Cc1ccc(C)cc1)SCc1cn2cccnc2n1. The first-order valence-electron chi connectivity index (χ1n) is 7.69. The second-order valence-electron chi connectivity index (χ2n) is 5.57. The summed E-state index contributed by atoms with van der Waals surface area (Å²) < 4.78 is 6.84. The minimum Gasteiger partial charge on any atom is -0.468 e. The highest BCUT2D eigenvalue weighted by atomic mass is 32.2. The Morgan fingerprint density at radius 2 is 2.12 bits per heavy atom. The third kappa shape index (κ3) is 3.94.